The Morgan fingerprint density at radius 3 is 2.21 bits per heavy atom. The van der Waals surface area contributed by atoms with Crippen molar-refractivity contribution in [3.8, 4) is 39.1 Å². The Kier molecular flexibility index (Phi) is 4.56. The first-order chi connectivity index (χ1) is 18.8. The number of hydrogen-bond acceptors (Lipinski definition) is 1. The summed E-state index contributed by atoms with van der Waals surface area (Å²) < 4.78 is 11.1. The zero-order valence-corrected chi connectivity index (χ0v) is 24.2. The number of benzene rings is 4. The van der Waals surface area contributed by atoms with Crippen molar-refractivity contribution < 1.29 is 4.74 Å². The van der Waals surface area contributed by atoms with Gasteiger partial charge in [0.05, 0.1) is 7.11 Å². The normalized spacial score (nSPS) is 13.6. The lowest BCUT2D eigenvalue weighted by Gasteiger charge is -2.23. The van der Waals surface area contributed by atoms with Crippen LogP contribution in [0, 0.1) is 0 Å². The van der Waals surface area contributed by atoms with Gasteiger partial charge in [-0.15, -0.1) is 0 Å². The molecule has 0 spiro atoms. The Morgan fingerprint density at radius 2 is 1.38 bits per heavy atom. The third kappa shape index (κ3) is 3.04. The monoisotopic (exact) mass is 524 g/mol. The molecule has 39 heavy (non-hydrogen) atoms. The largest absolute Gasteiger partial charge is 0.496 e. The number of ether oxygens (including phenoxy) is 1. The standard InChI is InChI=1S/C35H32N2OSi/c1-36-30-19-27(33(38-2)20-28(30)35-24-11-7-6-10-21(24)17-31(35)36)22-14-15-25-23(16-22)18-32-34(25)26-12-8-9-13-29(26)37(32)39(3,4)5/h6-16,19-20H,17-18H2,1-5H3. The molecule has 0 aliphatic heterocycles. The van der Waals surface area contributed by atoms with Gasteiger partial charge in [0.1, 0.15) is 5.75 Å². The highest BCUT2D eigenvalue weighted by Crippen LogP contribution is 2.48. The first kappa shape index (κ1) is 22.9. The number of methoxy groups -OCH3 is 1. The minimum Gasteiger partial charge on any atom is -0.496 e. The molecule has 6 aromatic rings. The molecular formula is C35H32N2OSi. The van der Waals surface area contributed by atoms with E-state index in [2.05, 4.69) is 114 Å². The summed E-state index contributed by atoms with van der Waals surface area (Å²) in [7, 11) is 2.41. The van der Waals surface area contributed by atoms with Gasteiger partial charge in [-0.05, 0) is 46.0 Å². The molecule has 2 aliphatic carbocycles. The minimum absolute atomic E-state index is 0.938. The maximum absolute atomic E-state index is 6.04. The van der Waals surface area contributed by atoms with Crippen molar-refractivity contribution in [3.63, 3.8) is 0 Å². The van der Waals surface area contributed by atoms with Gasteiger partial charge in [-0.25, -0.2) is 0 Å². The van der Waals surface area contributed by atoms with E-state index in [-0.39, 0.29) is 0 Å². The van der Waals surface area contributed by atoms with Crippen molar-refractivity contribution in [1.29, 1.82) is 0 Å². The molecule has 2 aliphatic rings. The minimum atomic E-state index is -1.60. The summed E-state index contributed by atoms with van der Waals surface area (Å²) in [5.74, 6) is 0.938. The summed E-state index contributed by atoms with van der Waals surface area (Å²) >= 11 is 0. The molecule has 0 radical (unpaired) electrons. The SMILES string of the molecule is COc1cc2c3c(n(C)c2cc1-c1ccc2c(c1)Cc1c-2c2ccccc2n1[Si](C)(C)C)Cc1ccccc1-3. The number of rotatable bonds is 3. The highest BCUT2D eigenvalue weighted by atomic mass is 28.3. The lowest BCUT2D eigenvalue weighted by Crippen LogP contribution is -2.33. The second-order valence-corrected chi connectivity index (χ2v) is 17.0. The molecule has 0 bridgehead atoms. The molecule has 4 heteroatoms. The van der Waals surface area contributed by atoms with Crippen LogP contribution in [-0.4, -0.2) is 24.1 Å². The summed E-state index contributed by atoms with van der Waals surface area (Å²) in [6.07, 6.45) is 1.97. The van der Waals surface area contributed by atoms with Gasteiger partial charge in [-0.2, -0.15) is 0 Å². The molecule has 0 atom stereocenters. The second-order valence-electron chi connectivity index (χ2n) is 12.2. The molecule has 0 saturated carbocycles. The third-order valence-electron chi connectivity index (χ3n) is 8.97. The number of aryl methyl sites for hydroxylation is 1. The molecule has 0 unspecified atom stereocenters. The van der Waals surface area contributed by atoms with Crippen LogP contribution < -0.4 is 4.74 Å². The summed E-state index contributed by atoms with van der Waals surface area (Å²) in [5.41, 5.74) is 16.3. The quantitative estimate of drug-likeness (QED) is 0.212. The van der Waals surface area contributed by atoms with Gasteiger partial charge in [0.2, 0.25) is 0 Å². The van der Waals surface area contributed by atoms with E-state index < -0.39 is 8.24 Å². The van der Waals surface area contributed by atoms with Gasteiger partial charge in [0, 0.05) is 69.8 Å². The zero-order chi connectivity index (χ0) is 26.6. The highest BCUT2D eigenvalue weighted by Gasteiger charge is 2.32. The predicted octanol–water partition coefficient (Wildman–Crippen LogP) is 8.63. The van der Waals surface area contributed by atoms with E-state index in [1.165, 1.54) is 72.1 Å². The Morgan fingerprint density at radius 1 is 0.667 bits per heavy atom. The first-order valence-electron chi connectivity index (χ1n) is 13.9. The van der Waals surface area contributed by atoms with E-state index in [1.54, 1.807) is 7.11 Å². The van der Waals surface area contributed by atoms with Crippen molar-refractivity contribution in [1.82, 2.24) is 8.80 Å². The molecule has 4 aromatic carbocycles. The van der Waals surface area contributed by atoms with Crippen molar-refractivity contribution in [2.75, 3.05) is 7.11 Å². The van der Waals surface area contributed by atoms with Crippen LogP contribution in [0.5, 0.6) is 5.75 Å². The Hall–Kier alpha value is -4.02. The van der Waals surface area contributed by atoms with Crippen LogP contribution in [-0.2, 0) is 19.9 Å². The number of fused-ring (bicyclic) bond motifs is 10. The van der Waals surface area contributed by atoms with Crippen molar-refractivity contribution >= 4 is 30.0 Å². The van der Waals surface area contributed by atoms with Gasteiger partial charge in [0.25, 0.3) is 0 Å². The van der Waals surface area contributed by atoms with Crippen LogP contribution >= 0.6 is 0 Å². The maximum Gasteiger partial charge on any atom is 0.153 e. The molecule has 0 saturated heterocycles. The Balaban J connectivity index is 1.30. The maximum atomic E-state index is 6.04. The lowest BCUT2D eigenvalue weighted by molar-refractivity contribution is 0.417. The van der Waals surface area contributed by atoms with Gasteiger partial charge in [-0.3, -0.25) is 0 Å². The smallest absolute Gasteiger partial charge is 0.153 e. The van der Waals surface area contributed by atoms with Crippen LogP contribution in [0.1, 0.15) is 22.5 Å². The van der Waals surface area contributed by atoms with Crippen LogP contribution in [0.15, 0.2) is 78.9 Å². The van der Waals surface area contributed by atoms with E-state index in [9.17, 15) is 0 Å². The van der Waals surface area contributed by atoms with E-state index in [0.29, 0.717) is 0 Å². The lowest BCUT2D eigenvalue weighted by atomic mass is 9.96. The predicted molar refractivity (Wildman–Crippen MR) is 166 cm³/mol. The molecule has 3 nitrogen and oxygen atoms in total. The summed E-state index contributed by atoms with van der Waals surface area (Å²) in [4.78, 5) is 0. The second kappa shape index (κ2) is 7.77. The van der Waals surface area contributed by atoms with Crippen molar-refractivity contribution in [2.45, 2.75) is 32.5 Å². The summed E-state index contributed by atoms with van der Waals surface area (Å²) in [6.45, 7) is 7.34. The number of nitrogens with zero attached hydrogens (tertiary/aromatic N) is 2. The van der Waals surface area contributed by atoms with E-state index >= 15 is 0 Å². The first-order valence-corrected chi connectivity index (χ1v) is 17.3. The van der Waals surface area contributed by atoms with Crippen LogP contribution in [0.25, 0.3) is 55.2 Å². The molecular weight excluding hydrogens is 492 g/mol. The van der Waals surface area contributed by atoms with Crippen LogP contribution in [0.3, 0.4) is 0 Å². The van der Waals surface area contributed by atoms with E-state index in [0.717, 1.165) is 24.2 Å². The van der Waals surface area contributed by atoms with Crippen LogP contribution in [0.4, 0.5) is 0 Å². The summed E-state index contributed by atoms with van der Waals surface area (Å²) in [6, 6.07) is 29.4. The topological polar surface area (TPSA) is 19.1 Å². The van der Waals surface area contributed by atoms with Gasteiger partial charge >= 0.3 is 0 Å². The molecule has 0 N–H and O–H groups in total. The van der Waals surface area contributed by atoms with Crippen molar-refractivity contribution in [3.05, 3.63) is 101 Å². The Bertz CT molecular complexity index is 2000. The van der Waals surface area contributed by atoms with Gasteiger partial charge < -0.3 is 13.5 Å². The fraction of sp³-hybridized carbons (Fsp3) is 0.200. The molecule has 0 amide bonds. The molecule has 192 valence electrons. The average Bonchev–Trinajstić information content (AvgIpc) is 3.64. The third-order valence-corrected chi connectivity index (χ3v) is 10.8. The molecule has 2 aromatic heterocycles. The zero-order valence-electron chi connectivity index (χ0n) is 23.2. The molecule has 8 rings (SSSR count). The fourth-order valence-electron chi connectivity index (χ4n) is 7.37. The fourth-order valence-corrected chi connectivity index (χ4v) is 9.29. The average molecular weight is 525 g/mol. The van der Waals surface area contributed by atoms with Crippen molar-refractivity contribution in [2.24, 2.45) is 7.05 Å². The van der Waals surface area contributed by atoms with Crippen LogP contribution in [0.2, 0.25) is 19.6 Å². The summed E-state index contributed by atoms with van der Waals surface area (Å²) in [5, 5.41) is 2.67. The van der Waals surface area contributed by atoms with E-state index in [1.807, 2.05) is 0 Å². The van der Waals surface area contributed by atoms with Gasteiger partial charge in [-0.1, -0.05) is 80.3 Å². The Labute approximate surface area is 230 Å². The number of hydrogen-bond donors (Lipinski definition) is 0. The number of para-hydroxylation sites is 1. The highest BCUT2D eigenvalue weighted by molar-refractivity contribution is 6.75. The molecule has 0 fully saturated rings. The van der Waals surface area contributed by atoms with Gasteiger partial charge in [0.15, 0.2) is 8.24 Å². The molecule has 2 heterocycles. The number of aromatic nitrogens is 2. The van der Waals surface area contributed by atoms with E-state index in [4.69, 9.17) is 4.74 Å².